The quantitative estimate of drug-likeness (QED) is 0.413. The van der Waals surface area contributed by atoms with E-state index in [1.54, 1.807) is 0 Å². The Labute approximate surface area is 72.7 Å². The minimum absolute atomic E-state index is 0.445. The molecule has 0 N–H and O–H groups in total. The monoisotopic (exact) mass is 188 g/mol. The minimum Gasteiger partial charge on any atom is -0.223 e. The first-order valence-electron chi connectivity index (χ1n) is 2.95. The Morgan fingerprint density at radius 1 is 1.82 bits per heavy atom. The Bertz CT molecular complexity index is 280. The Morgan fingerprint density at radius 2 is 2.64 bits per heavy atom. The van der Waals surface area contributed by atoms with Gasteiger partial charge in [-0.1, -0.05) is 0 Å². The average Bonchev–Trinajstić information content (AvgIpc) is 2.38. The molecule has 1 aromatic rings. The Hall–Kier alpha value is -0.700. The SMILES string of the molecule is O=C=Nc1nc(CCCl)cs1. The number of thiazole rings is 1. The van der Waals surface area contributed by atoms with Crippen LogP contribution in [0.4, 0.5) is 5.13 Å². The van der Waals surface area contributed by atoms with Crippen molar-refractivity contribution in [2.45, 2.75) is 6.42 Å². The van der Waals surface area contributed by atoms with Crippen LogP contribution in [0.3, 0.4) is 0 Å². The molecule has 0 spiro atoms. The minimum atomic E-state index is 0.445. The fourth-order valence-electron chi connectivity index (χ4n) is 0.598. The number of aryl methyl sites for hydroxylation is 1. The van der Waals surface area contributed by atoms with Gasteiger partial charge in [0.2, 0.25) is 11.2 Å². The predicted octanol–water partition coefficient (Wildman–Crippen LogP) is 1.89. The van der Waals surface area contributed by atoms with Crippen LogP contribution in [0.15, 0.2) is 10.4 Å². The summed E-state index contributed by atoms with van der Waals surface area (Å²) in [5, 5.41) is 2.28. The van der Waals surface area contributed by atoms with E-state index in [1.807, 2.05) is 5.38 Å². The molecule has 0 aliphatic carbocycles. The van der Waals surface area contributed by atoms with Crippen molar-refractivity contribution in [1.29, 1.82) is 0 Å². The van der Waals surface area contributed by atoms with Gasteiger partial charge in [-0.25, -0.2) is 9.78 Å². The van der Waals surface area contributed by atoms with Gasteiger partial charge in [-0.3, -0.25) is 0 Å². The van der Waals surface area contributed by atoms with Gasteiger partial charge < -0.3 is 0 Å². The summed E-state index contributed by atoms with van der Waals surface area (Å²) in [5.74, 6) is 0.536. The first-order chi connectivity index (χ1) is 5.36. The third-order valence-electron chi connectivity index (χ3n) is 1.03. The molecule has 5 heteroatoms. The Morgan fingerprint density at radius 3 is 3.27 bits per heavy atom. The van der Waals surface area contributed by atoms with E-state index in [2.05, 4.69) is 9.98 Å². The number of halogens is 1. The number of isocyanates is 1. The summed E-state index contributed by atoms with van der Waals surface area (Å²) in [4.78, 5) is 17.2. The van der Waals surface area contributed by atoms with E-state index < -0.39 is 0 Å². The zero-order chi connectivity index (χ0) is 8.10. The van der Waals surface area contributed by atoms with Crippen molar-refractivity contribution < 1.29 is 4.79 Å². The maximum atomic E-state index is 9.79. The summed E-state index contributed by atoms with van der Waals surface area (Å²) in [7, 11) is 0. The second-order valence-electron chi connectivity index (χ2n) is 1.76. The lowest BCUT2D eigenvalue weighted by molar-refractivity contribution is 0.565. The van der Waals surface area contributed by atoms with Crippen LogP contribution < -0.4 is 0 Å². The standard InChI is InChI=1S/C6H5ClN2OS/c7-2-1-5-3-11-6(9-5)8-4-10/h3H,1-2H2. The molecule has 0 radical (unpaired) electrons. The summed E-state index contributed by atoms with van der Waals surface area (Å²) in [5.41, 5.74) is 0.874. The molecule has 0 bridgehead atoms. The maximum Gasteiger partial charge on any atom is 0.242 e. The number of hydrogen-bond donors (Lipinski definition) is 0. The highest BCUT2D eigenvalue weighted by Gasteiger charge is 1.98. The molecule has 0 unspecified atom stereocenters. The predicted molar refractivity (Wildman–Crippen MR) is 44.3 cm³/mol. The molecule has 0 saturated heterocycles. The number of carbonyl (C=O) groups excluding carboxylic acids is 1. The van der Waals surface area contributed by atoms with E-state index in [4.69, 9.17) is 11.6 Å². The molecule has 1 heterocycles. The first kappa shape index (κ1) is 8.40. The van der Waals surface area contributed by atoms with Crippen molar-refractivity contribution in [3.63, 3.8) is 0 Å². The van der Waals surface area contributed by atoms with Crippen LogP contribution in [0.25, 0.3) is 0 Å². The molecule has 3 nitrogen and oxygen atoms in total. The zero-order valence-corrected chi connectivity index (χ0v) is 7.15. The van der Waals surface area contributed by atoms with Crippen LogP contribution >= 0.6 is 22.9 Å². The van der Waals surface area contributed by atoms with Crippen molar-refractivity contribution in [2.75, 3.05) is 5.88 Å². The molecule has 11 heavy (non-hydrogen) atoms. The van der Waals surface area contributed by atoms with Crippen molar-refractivity contribution in [2.24, 2.45) is 4.99 Å². The molecule has 58 valence electrons. The van der Waals surface area contributed by atoms with E-state index in [0.29, 0.717) is 17.4 Å². The molecule has 0 aromatic carbocycles. The third kappa shape index (κ3) is 2.42. The topological polar surface area (TPSA) is 42.3 Å². The maximum absolute atomic E-state index is 9.79. The van der Waals surface area contributed by atoms with E-state index in [-0.39, 0.29) is 0 Å². The van der Waals surface area contributed by atoms with E-state index in [0.717, 1.165) is 5.69 Å². The van der Waals surface area contributed by atoms with Crippen molar-refractivity contribution in [3.05, 3.63) is 11.1 Å². The summed E-state index contributed by atoms with van der Waals surface area (Å²) in [6.45, 7) is 0. The lowest BCUT2D eigenvalue weighted by atomic mass is 10.4. The number of aliphatic imine (C=N–C) groups is 1. The van der Waals surface area contributed by atoms with E-state index in [1.165, 1.54) is 17.4 Å². The van der Waals surface area contributed by atoms with Gasteiger partial charge in [-0.15, -0.1) is 27.9 Å². The smallest absolute Gasteiger partial charge is 0.223 e. The molecule has 0 aliphatic rings. The summed E-state index contributed by atoms with van der Waals surface area (Å²) in [6, 6.07) is 0. The lowest BCUT2D eigenvalue weighted by Crippen LogP contribution is -1.83. The highest BCUT2D eigenvalue weighted by atomic mass is 35.5. The van der Waals surface area contributed by atoms with Gasteiger partial charge >= 0.3 is 0 Å². The van der Waals surface area contributed by atoms with Crippen molar-refractivity contribution in [1.82, 2.24) is 4.98 Å². The number of rotatable bonds is 3. The summed E-state index contributed by atoms with van der Waals surface area (Å²) < 4.78 is 0. The van der Waals surface area contributed by atoms with Crippen molar-refractivity contribution in [3.8, 4) is 0 Å². The lowest BCUT2D eigenvalue weighted by Gasteiger charge is -1.84. The van der Waals surface area contributed by atoms with Gasteiger partial charge in [0, 0.05) is 17.7 Å². The highest BCUT2D eigenvalue weighted by molar-refractivity contribution is 7.13. The Balaban J connectivity index is 2.73. The zero-order valence-electron chi connectivity index (χ0n) is 5.58. The van der Waals surface area contributed by atoms with Gasteiger partial charge in [0.05, 0.1) is 5.69 Å². The number of nitrogens with zero attached hydrogens (tertiary/aromatic N) is 2. The average molecular weight is 189 g/mol. The van der Waals surface area contributed by atoms with Crippen LogP contribution in [-0.4, -0.2) is 16.9 Å². The summed E-state index contributed by atoms with van der Waals surface area (Å²) in [6.07, 6.45) is 2.14. The third-order valence-corrected chi connectivity index (χ3v) is 2.00. The molecular formula is C6H5ClN2OS. The van der Waals surface area contributed by atoms with Gasteiger partial charge in [0.1, 0.15) is 0 Å². The van der Waals surface area contributed by atoms with E-state index >= 15 is 0 Å². The molecule has 1 aromatic heterocycles. The molecule has 0 saturated carbocycles. The van der Waals surface area contributed by atoms with E-state index in [9.17, 15) is 4.79 Å². The van der Waals surface area contributed by atoms with Gasteiger partial charge in [0.25, 0.3) is 0 Å². The number of hydrogen-bond acceptors (Lipinski definition) is 4. The molecule has 1 rings (SSSR count). The number of aromatic nitrogens is 1. The van der Waals surface area contributed by atoms with Crippen LogP contribution in [0.1, 0.15) is 5.69 Å². The van der Waals surface area contributed by atoms with Gasteiger partial charge in [-0.2, -0.15) is 0 Å². The van der Waals surface area contributed by atoms with Crippen LogP contribution in [0, 0.1) is 0 Å². The Kier molecular flexibility index (Phi) is 3.23. The largest absolute Gasteiger partial charge is 0.242 e. The van der Waals surface area contributed by atoms with Crippen molar-refractivity contribution >= 4 is 34.1 Å². The van der Waals surface area contributed by atoms with Crippen LogP contribution in [0.5, 0.6) is 0 Å². The fourth-order valence-corrected chi connectivity index (χ4v) is 1.46. The molecule has 0 aliphatic heterocycles. The molecule has 0 amide bonds. The van der Waals surface area contributed by atoms with Gasteiger partial charge in [0.15, 0.2) is 0 Å². The molecule has 0 atom stereocenters. The summed E-state index contributed by atoms with van der Waals surface area (Å²) >= 11 is 6.79. The first-order valence-corrected chi connectivity index (χ1v) is 4.36. The van der Waals surface area contributed by atoms with Crippen LogP contribution in [0.2, 0.25) is 0 Å². The van der Waals surface area contributed by atoms with Crippen LogP contribution in [-0.2, 0) is 11.2 Å². The number of alkyl halides is 1. The fraction of sp³-hybridized carbons (Fsp3) is 0.333. The second kappa shape index (κ2) is 4.23. The normalized spacial score (nSPS) is 9.18. The molecular weight excluding hydrogens is 184 g/mol. The van der Waals surface area contributed by atoms with Gasteiger partial charge in [-0.05, 0) is 0 Å². The highest BCUT2D eigenvalue weighted by Crippen LogP contribution is 2.18. The molecule has 0 fully saturated rings. The second-order valence-corrected chi connectivity index (χ2v) is 2.98.